The fraction of sp³-hybridized carbons (Fsp3) is 0.0417. The third kappa shape index (κ3) is 4.54. The van der Waals surface area contributed by atoms with E-state index in [1.165, 1.54) is 65.7 Å². The van der Waals surface area contributed by atoms with Gasteiger partial charge in [0, 0.05) is 22.6 Å². The van der Waals surface area contributed by atoms with E-state index in [2.05, 4.69) is 170 Å². The zero-order valence-electron chi connectivity index (χ0n) is 26.9. The van der Waals surface area contributed by atoms with Crippen LogP contribution in [-0.4, -0.2) is 0 Å². The van der Waals surface area contributed by atoms with Gasteiger partial charge in [-0.15, -0.1) is 0 Å². The summed E-state index contributed by atoms with van der Waals surface area (Å²) in [5, 5.41) is 7.44. The summed E-state index contributed by atoms with van der Waals surface area (Å²) in [6, 6.07) is 57.5. The highest BCUT2D eigenvalue weighted by Crippen LogP contribution is 2.43. The second kappa shape index (κ2) is 11.2. The van der Waals surface area contributed by atoms with Crippen molar-refractivity contribution in [1.82, 2.24) is 0 Å². The van der Waals surface area contributed by atoms with E-state index in [0.29, 0.717) is 0 Å². The third-order valence-corrected chi connectivity index (χ3v) is 10.5. The normalized spacial score (nSPS) is 16.7. The maximum absolute atomic E-state index is 6.14. The Bertz CT molecular complexity index is 2790. The van der Waals surface area contributed by atoms with Crippen LogP contribution in [0, 0.1) is 11.8 Å². The molecule has 7 aromatic carbocycles. The Balaban J connectivity index is 1.19. The smallest absolute Gasteiger partial charge is 0.135 e. The molecule has 0 spiro atoms. The van der Waals surface area contributed by atoms with Gasteiger partial charge in [-0.05, 0) is 96.1 Å². The Labute approximate surface area is 285 Å². The predicted molar refractivity (Wildman–Crippen MR) is 205 cm³/mol. The lowest BCUT2D eigenvalue weighted by Crippen LogP contribution is -2.40. The van der Waals surface area contributed by atoms with Crippen molar-refractivity contribution in [1.29, 1.82) is 0 Å². The first-order valence-corrected chi connectivity index (χ1v) is 17.1. The minimum atomic E-state index is 0.203. The molecule has 0 amide bonds. The zero-order valence-corrected chi connectivity index (χ0v) is 26.9. The van der Waals surface area contributed by atoms with Gasteiger partial charge in [0.2, 0.25) is 0 Å². The second-order valence-corrected chi connectivity index (χ2v) is 13.2. The van der Waals surface area contributed by atoms with Gasteiger partial charge < -0.3 is 4.42 Å². The molecule has 1 heteroatoms. The molecular weight excluding hydrogens is 593 g/mol. The molecule has 0 fully saturated rings. The maximum Gasteiger partial charge on any atom is 0.135 e. The monoisotopic (exact) mass is 624 g/mol. The largest absolute Gasteiger partial charge is 0.456 e. The van der Waals surface area contributed by atoms with Gasteiger partial charge in [0.1, 0.15) is 11.2 Å². The molecule has 2 aliphatic carbocycles. The van der Waals surface area contributed by atoms with Gasteiger partial charge in [-0.2, -0.15) is 0 Å². The molecule has 0 N–H and O–H groups in total. The molecule has 8 aromatic rings. The molecule has 1 heterocycles. The third-order valence-electron chi connectivity index (χ3n) is 10.5. The molecule has 0 saturated heterocycles. The molecule has 1 aromatic heterocycles. The van der Waals surface area contributed by atoms with Crippen molar-refractivity contribution >= 4 is 43.9 Å². The van der Waals surface area contributed by atoms with Crippen molar-refractivity contribution < 1.29 is 4.42 Å². The van der Waals surface area contributed by atoms with Crippen LogP contribution in [-0.2, 0) is 0 Å². The minimum Gasteiger partial charge on any atom is -0.456 e. The Kier molecular flexibility index (Phi) is 6.38. The topological polar surface area (TPSA) is 13.1 Å². The van der Waals surface area contributed by atoms with E-state index in [0.717, 1.165) is 21.9 Å². The van der Waals surface area contributed by atoms with Crippen molar-refractivity contribution in [3.05, 3.63) is 204 Å². The summed E-state index contributed by atoms with van der Waals surface area (Å²) in [7, 11) is 0. The number of hydrogen-bond donors (Lipinski definition) is 0. The predicted octanol–water partition coefficient (Wildman–Crippen LogP) is 10.8. The fourth-order valence-corrected chi connectivity index (χ4v) is 8.24. The van der Waals surface area contributed by atoms with E-state index in [4.69, 9.17) is 4.42 Å². The number of para-hydroxylation sites is 1. The van der Waals surface area contributed by atoms with Gasteiger partial charge in [0.25, 0.3) is 0 Å². The highest BCUT2D eigenvalue weighted by atomic mass is 16.3. The molecule has 2 unspecified atom stereocenters. The molecule has 0 radical (unpaired) electrons. The first-order valence-electron chi connectivity index (χ1n) is 17.1. The van der Waals surface area contributed by atoms with Crippen LogP contribution in [0.25, 0.3) is 66.1 Å². The van der Waals surface area contributed by atoms with Crippen molar-refractivity contribution in [2.45, 2.75) is 0 Å². The van der Waals surface area contributed by atoms with Gasteiger partial charge in [-0.1, -0.05) is 152 Å². The van der Waals surface area contributed by atoms with Crippen molar-refractivity contribution in [2.24, 2.45) is 11.8 Å². The van der Waals surface area contributed by atoms with Crippen LogP contribution in [0.5, 0.6) is 0 Å². The van der Waals surface area contributed by atoms with Crippen LogP contribution in [0.15, 0.2) is 186 Å². The first-order chi connectivity index (χ1) is 24.3. The minimum absolute atomic E-state index is 0.203. The van der Waals surface area contributed by atoms with E-state index in [9.17, 15) is 0 Å². The molecule has 49 heavy (non-hydrogen) atoms. The molecule has 1 nitrogen and oxygen atoms in total. The second-order valence-electron chi connectivity index (χ2n) is 13.2. The Morgan fingerprint density at radius 3 is 1.88 bits per heavy atom. The quantitative estimate of drug-likeness (QED) is 0.190. The van der Waals surface area contributed by atoms with Crippen LogP contribution >= 0.6 is 0 Å². The number of rotatable bonds is 4. The Hall–Kier alpha value is -6.18. The molecule has 0 aliphatic heterocycles. The molecule has 0 saturated carbocycles. The van der Waals surface area contributed by atoms with E-state index < -0.39 is 0 Å². The van der Waals surface area contributed by atoms with Gasteiger partial charge >= 0.3 is 0 Å². The highest BCUT2D eigenvalue weighted by molar-refractivity contribution is 6.06. The SMILES string of the molecule is C1=CC2C(c3cccc(-c4ccc5oc6ccccc6c5c4)c3)=c3ccccc3=C(c3ccccc3-c3ccc4ccccc4c3)C2C=C1. The molecular formula is C48H32O. The number of allylic oxidation sites excluding steroid dienone is 4. The van der Waals surface area contributed by atoms with Crippen LogP contribution in [0.2, 0.25) is 0 Å². The van der Waals surface area contributed by atoms with Crippen molar-refractivity contribution in [2.75, 3.05) is 0 Å². The van der Waals surface area contributed by atoms with E-state index >= 15 is 0 Å². The van der Waals surface area contributed by atoms with Gasteiger partial charge in [0.05, 0.1) is 0 Å². The summed E-state index contributed by atoms with van der Waals surface area (Å²) in [4.78, 5) is 0. The van der Waals surface area contributed by atoms with Gasteiger partial charge in [-0.3, -0.25) is 0 Å². The number of benzene rings is 7. The average Bonchev–Trinajstić information content (AvgIpc) is 3.55. The summed E-state index contributed by atoms with van der Waals surface area (Å²) < 4.78 is 6.14. The first kappa shape index (κ1) is 27.9. The summed E-state index contributed by atoms with van der Waals surface area (Å²) in [5.41, 5.74) is 12.1. The van der Waals surface area contributed by atoms with E-state index in [1.54, 1.807) is 0 Å². The van der Waals surface area contributed by atoms with Crippen LogP contribution in [0.1, 0.15) is 11.1 Å². The maximum atomic E-state index is 6.14. The summed E-state index contributed by atoms with van der Waals surface area (Å²) >= 11 is 0. The zero-order chi connectivity index (χ0) is 32.3. The average molecular weight is 625 g/mol. The van der Waals surface area contributed by atoms with E-state index in [-0.39, 0.29) is 11.8 Å². The number of hydrogen-bond acceptors (Lipinski definition) is 1. The van der Waals surface area contributed by atoms with Gasteiger partial charge in [0.15, 0.2) is 0 Å². The number of furan rings is 1. The lowest BCUT2D eigenvalue weighted by atomic mass is 9.69. The Morgan fingerprint density at radius 1 is 0.367 bits per heavy atom. The summed E-state index contributed by atoms with van der Waals surface area (Å²) in [5.74, 6) is 0.406. The van der Waals surface area contributed by atoms with Crippen LogP contribution < -0.4 is 10.4 Å². The standard InChI is InChI=1S/C48H32O/c1-2-13-32-28-35(25-24-31(32)12-1)37-16-3-4-18-39(37)48-42-21-7-5-19-40(42)47(41-20-6-8-22-43(41)48)36-15-11-14-33(29-36)34-26-27-46-44(30-34)38-17-9-10-23-45(38)49-46/h1-30,40,42H. The summed E-state index contributed by atoms with van der Waals surface area (Å²) in [6.45, 7) is 0. The Morgan fingerprint density at radius 2 is 1.00 bits per heavy atom. The van der Waals surface area contributed by atoms with E-state index in [1.807, 2.05) is 12.1 Å². The number of fused-ring (bicyclic) bond motifs is 6. The molecule has 2 atom stereocenters. The fourth-order valence-electron chi connectivity index (χ4n) is 8.24. The van der Waals surface area contributed by atoms with Crippen LogP contribution in [0.3, 0.4) is 0 Å². The molecule has 0 bridgehead atoms. The summed E-state index contributed by atoms with van der Waals surface area (Å²) in [6.07, 6.45) is 9.27. The lowest BCUT2D eigenvalue weighted by molar-refractivity contribution is 0.669. The highest BCUT2D eigenvalue weighted by Gasteiger charge is 2.32. The molecule has 10 rings (SSSR count). The molecule has 2 aliphatic rings. The van der Waals surface area contributed by atoms with Crippen molar-refractivity contribution in [3.8, 4) is 22.3 Å². The van der Waals surface area contributed by atoms with Gasteiger partial charge in [-0.25, -0.2) is 0 Å². The van der Waals surface area contributed by atoms with Crippen molar-refractivity contribution in [3.63, 3.8) is 0 Å². The van der Waals surface area contributed by atoms with Crippen LogP contribution in [0.4, 0.5) is 0 Å². The lowest BCUT2D eigenvalue weighted by Gasteiger charge is -2.34. The molecule has 230 valence electrons.